The monoisotopic (exact) mass is 469 g/mol. The first-order valence-corrected chi connectivity index (χ1v) is 11.5. The van der Waals surface area contributed by atoms with Gasteiger partial charge in [-0.1, -0.05) is 36.4 Å². The molecule has 0 N–H and O–H groups in total. The van der Waals surface area contributed by atoms with Crippen molar-refractivity contribution in [3.05, 3.63) is 114 Å². The molecular formula is C30H31NO4. The molecule has 0 saturated carbocycles. The molecule has 4 rings (SSSR count). The Morgan fingerprint density at radius 1 is 0.514 bits per heavy atom. The van der Waals surface area contributed by atoms with Crippen molar-refractivity contribution < 1.29 is 18.9 Å². The summed E-state index contributed by atoms with van der Waals surface area (Å²) in [6.07, 6.45) is 0. The fourth-order valence-electron chi connectivity index (χ4n) is 3.90. The molecule has 0 aliphatic rings. The van der Waals surface area contributed by atoms with Crippen LogP contribution in [0, 0.1) is 0 Å². The van der Waals surface area contributed by atoms with Gasteiger partial charge in [-0.2, -0.15) is 0 Å². The Morgan fingerprint density at radius 2 is 0.971 bits per heavy atom. The largest absolute Gasteiger partial charge is 0.497 e. The van der Waals surface area contributed by atoms with Crippen molar-refractivity contribution in [2.45, 2.75) is 19.7 Å². The highest BCUT2D eigenvalue weighted by Gasteiger charge is 2.11. The molecule has 35 heavy (non-hydrogen) atoms. The number of hydrogen-bond donors (Lipinski definition) is 0. The van der Waals surface area contributed by atoms with E-state index in [1.807, 2.05) is 60.7 Å². The molecular weight excluding hydrogens is 438 g/mol. The number of anilines is 1. The molecule has 5 heteroatoms. The first-order chi connectivity index (χ1) is 17.2. The number of benzene rings is 4. The lowest BCUT2D eigenvalue weighted by Gasteiger charge is -2.26. The summed E-state index contributed by atoms with van der Waals surface area (Å²) in [4.78, 5) is 2.33. The Hall–Kier alpha value is -4.12. The highest BCUT2D eigenvalue weighted by Crippen LogP contribution is 2.26. The number of ether oxygens (including phenoxy) is 4. The van der Waals surface area contributed by atoms with Crippen molar-refractivity contribution in [1.29, 1.82) is 0 Å². The molecule has 0 bridgehead atoms. The molecule has 5 nitrogen and oxygen atoms in total. The summed E-state index contributed by atoms with van der Waals surface area (Å²) in [5.74, 6) is 3.35. The second kappa shape index (κ2) is 11.8. The third-order valence-electron chi connectivity index (χ3n) is 5.76. The highest BCUT2D eigenvalue weighted by atomic mass is 16.5. The third kappa shape index (κ3) is 6.70. The highest BCUT2D eigenvalue weighted by molar-refractivity contribution is 5.51. The lowest BCUT2D eigenvalue weighted by Crippen LogP contribution is -2.22. The number of rotatable bonds is 11. The van der Waals surface area contributed by atoms with Gasteiger partial charge in [0.25, 0.3) is 0 Å². The number of hydrogen-bond acceptors (Lipinski definition) is 5. The van der Waals surface area contributed by atoms with E-state index in [0.29, 0.717) is 6.61 Å². The smallest absolute Gasteiger partial charge is 0.119 e. The Balaban J connectivity index is 1.52. The van der Waals surface area contributed by atoms with E-state index in [2.05, 4.69) is 41.3 Å². The predicted octanol–water partition coefficient (Wildman–Crippen LogP) is 6.50. The van der Waals surface area contributed by atoms with Gasteiger partial charge < -0.3 is 23.8 Å². The maximum atomic E-state index is 6.02. The van der Waals surface area contributed by atoms with E-state index >= 15 is 0 Å². The Labute approximate surface area is 207 Å². The zero-order valence-electron chi connectivity index (χ0n) is 20.4. The van der Waals surface area contributed by atoms with Crippen molar-refractivity contribution in [1.82, 2.24) is 0 Å². The predicted molar refractivity (Wildman–Crippen MR) is 140 cm³/mol. The van der Waals surface area contributed by atoms with Crippen LogP contribution < -0.4 is 23.8 Å². The molecule has 0 unspecified atom stereocenters. The molecule has 0 saturated heterocycles. The maximum absolute atomic E-state index is 6.02. The number of methoxy groups -OCH3 is 3. The van der Waals surface area contributed by atoms with Crippen molar-refractivity contribution in [3.8, 4) is 23.0 Å². The molecule has 0 atom stereocenters. The van der Waals surface area contributed by atoms with Gasteiger partial charge in [-0.3, -0.25) is 0 Å². The summed E-state index contributed by atoms with van der Waals surface area (Å²) in [5.41, 5.74) is 4.51. The van der Waals surface area contributed by atoms with Gasteiger partial charge in [0, 0.05) is 18.8 Å². The van der Waals surface area contributed by atoms with Crippen LogP contribution in [0.3, 0.4) is 0 Å². The lowest BCUT2D eigenvalue weighted by molar-refractivity contribution is 0.305. The van der Waals surface area contributed by atoms with Gasteiger partial charge in [-0.05, 0) is 77.4 Å². The van der Waals surface area contributed by atoms with Crippen LogP contribution in [0.15, 0.2) is 97.1 Å². The van der Waals surface area contributed by atoms with E-state index in [-0.39, 0.29) is 0 Å². The van der Waals surface area contributed by atoms with Gasteiger partial charge in [-0.15, -0.1) is 0 Å². The second-order valence-corrected chi connectivity index (χ2v) is 8.19. The SMILES string of the molecule is COc1cccc(COc2ccc(N(Cc3cccc(OC)c3)Cc3cccc(OC)c3)cc2)c1. The molecule has 0 aliphatic carbocycles. The van der Waals surface area contributed by atoms with Crippen LogP contribution in [-0.4, -0.2) is 21.3 Å². The van der Waals surface area contributed by atoms with Crippen LogP contribution in [0.4, 0.5) is 5.69 Å². The van der Waals surface area contributed by atoms with E-state index in [9.17, 15) is 0 Å². The lowest BCUT2D eigenvalue weighted by atomic mass is 10.1. The topological polar surface area (TPSA) is 40.2 Å². The van der Waals surface area contributed by atoms with Crippen LogP contribution in [-0.2, 0) is 19.7 Å². The average molecular weight is 470 g/mol. The van der Waals surface area contributed by atoms with Crippen molar-refractivity contribution in [3.63, 3.8) is 0 Å². The maximum Gasteiger partial charge on any atom is 0.119 e. The minimum absolute atomic E-state index is 0.480. The van der Waals surface area contributed by atoms with Gasteiger partial charge in [-0.25, -0.2) is 0 Å². The summed E-state index contributed by atoms with van der Waals surface area (Å²) in [7, 11) is 5.05. The van der Waals surface area contributed by atoms with Crippen LogP contribution in [0.5, 0.6) is 23.0 Å². The molecule has 0 aliphatic heterocycles. The number of nitrogens with zero attached hydrogens (tertiary/aromatic N) is 1. The Kier molecular flexibility index (Phi) is 8.12. The molecule has 0 spiro atoms. The zero-order chi connectivity index (χ0) is 24.5. The van der Waals surface area contributed by atoms with E-state index < -0.39 is 0 Å². The summed E-state index contributed by atoms with van der Waals surface area (Å²) in [6.45, 7) is 1.95. The molecule has 0 radical (unpaired) electrons. The zero-order valence-corrected chi connectivity index (χ0v) is 20.4. The van der Waals surface area contributed by atoms with Gasteiger partial charge in [0.2, 0.25) is 0 Å². The molecule has 4 aromatic carbocycles. The minimum Gasteiger partial charge on any atom is -0.497 e. The third-order valence-corrected chi connectivity index (χ3v) is 5.76. The fourth-order valence-corrected chi connectivity index (χ4v) is 3.90. The van der Waals surface area contributed by atoms with Gasteiger partial charge in [0.1, 0.15) is 29.6 Å². The van der Waals surface area contributed by atoms with Gasteiger partial charge in [0.05, 0.1) is 21.3 Å². The van der Waals surface area contributed by atoms with Crippen LogP contribution in [0.2, 0.25) is 0 Å². The fraction of sp³-hybridized carbons (Fsp3) is 0.200. The average Bonchev–Trinajstić information content (AvgIpc) is 2.92. The minimum atomic E-state index is 0.480. The van der Waals surface area contributed by atoms with E-state index in [1.54, 1.807) is 21.3 Å². The molecule has 4 aromatic rings. The van der Waals surface area contributed by atoms with Crippen LogP contribution in [0.1, 0.15) is 16.7 Å². The second-order valence-electron chi connectivity index (χ2n) is 8.19. The normalized spacial score (nSPS) is 10.5. The van der Waals surface area contributed by atoms with E-state index in [1.165, 1.54) is 11.1 Å². The standard InChI is InChI=1S/C30H31NO4/c1-32-28-10-4-7-23(17-28)20-31(21-24-8-5-11-29(18-24)33-2)26-13-15-27(16-14-26)35-22-25-9-6-12-30(19-25)34-3/h4-19H,20-22H2,1-3H3. The summed E-state index contributed by atoms with van der Waals surface area (Å²) in [5, 5.41) is 0. The van der Waals surface area contributed by atoms with E-state index in [4.69, 9.17) is 18.9 Å². The Bertz CT molecular complexity index is 1170. The quantitative estimate of drug-likeness (QED) is 0.251. The summed E-state index contributed by atoms with van der Waals surface area (Å²) < 4.78 is 22.2. The van der Waals surface area contributed by atoms with Gasteiger partial charge in [0.15, 0.2) is 0 Å². The first kappa shape index (κ1) is 24.0. The van der Waals surface area contributed by atoms with Crippen molar-refractivity contribution >= 4 is 5.69 Å². The van der Waals surface area contributed by atoms with Crippen LogP contribution >= 0.6 is 0 Å². The van der Waals surface area contributed by atoms with Crippen molar-refractivity contribution in [2.75, 3.05) is 26.2 Å². The molecule has 0 heterocycles. The summed E-state index contributed by atoms with van der Waals surface area (Å²) in [6, 6.07) is 32.5. The first-order valence-electron chi connectivity index (χ1n) is 11.5. The summed E-state index contributed by atoms with van der Waals surface area (Å²) >= 11 is 0. The Morgan fingerprint density at radius 3 is 1.46 bits per heavy atom. The van der Waals surface area contributed by atoms with Crippen LogP contribution in [0.25, 0.3) is 0 Å². The molecule has 0 fully saturated rings. The van der Waals surface area contributed by atoms with Gasteiger partial charge >= 0.3 is 0 Å². The van der Waals surface area contributed by atoms with Crippen molar-refractivity contribution in [2.24, 2.45) is 0 Å². The molecule has 0 aromatic heterocycles. The molecule has 180 valence electrons. The van der Waals surface area contributed by atoms with E-state index in [0.717, 1.165) is 47.3 Å². The molecule has 0 amide bonds.